The summed E-state index contributed by atoms with van der Waals surface area (Å²) >= 11 is 0.822. The number of aromatic hydroxyl groups is 1. The number of nitrogens with zero attached hydrogens (tertiary/aromatic N) is 2. The highest BCUT2D eigenvalue weighted by molar-refractivity contribution is 7.16. The third kappa shape index (κ3) is 3.21. The molecule has 0 radical (unpaired) electrons. The fourth-order valence-electron chi connectivity index (χ4n) is 2.72. The summed E-state index contributed by atoms with van der Waals surface area (Å²) in [6, 6.07) is 0.594. The number of aliphatic hydroxyl groups excluding tert-OH is 1. The van der Waals surface area contributed by atoms with Crippen molar-refractivity contribution in [1.29, 1.82) is 0 Å². The third-order valence-corrected chi connectivity index (χ3v) is 5.25. The number of amides is 1. The first-order valence-electron chi connectivity index (χ1n) is 7.59. The second kappa shape index (κ2) is 6.64. The van der Waals surface area contributed by atoms with E-state index in [-0.39, 0.29) is 21.7 Å². The fourth-order valence-corrected chi connectivity index (χ4v) is 3.61. The van der Waals surface area contributed by atoms with E-state index in [9.17, 15) is 28.2 Å². The molecule has 25 heavy (non-hydrogen) atoms. The minimum absolute atomic E-state index is 0.0415. The maximum Gasteiger partial charge on any atom is 0.265 e. The van der Waals surface area contributed by atoms with Gasteiger partial charge in [0.25, 0.3) is 5.91 Å². The lowest BCUT2D eigenvalue weighted by Gasteiger charge is -2.34. The Balaban J connectivity index is 1.87. The molecule has 1 saturated heterocycles. The van der Waals surface area contributed by atoms with Crippen molar-refractivity contribution in [3.63, 3.8) is 0 Å². The highest BCUT2D eigenvalue weighted by Crippen LogP contribution is 2.35. The lowest BCUT2D eigenvalue weighted by atomic mass is 9.97. The Labute approximate surface area is 145 Å². The molecule has 0 aliphatic carbocycles. The number of piperidine rings is 1. The Kier molecular flexibility index (Phi) is 4.70. The number of carbonyl (C=O) groups is 1. The average molecular weight is 372 g/mol. The molecule has 134 valence electrons. The number of rotatable bonds is 2. The SMILES string of the molecule is C[C@H]1CN(C(=O)c2cnc(-c3cc(F)c(F)c(O)c3F)s2)CC[C@@H]1O. The largest absolute Gasteiger partial charge is 0.503 e. The quantitative estimate of drug-likeness (QED) is 0.795. The van der Waals surface area contributed by atoms with E-state index in [0.717, 1.165) is 11.3 Å². The number of phenolic OH excluding ortho intramolecular Hbond substituents is 1. The van der Waals surface area contributed by atoms with Crippen LogP contribution in [0.2, 0.25) is 0 Å². The lowest BCUT2D eigenvalue weighted by molar-refractivity contribution is 0.0300. The lowest BCUT2D eigenvalue weighted by Crippen LogP contribution is -2.44. The molecule has 9 heteroatoms. The minimum Gasteiger partial charge on any atom is -0.503 e. The van der Waals surface area contributed by atoms with Crippen LogP contribution in [-0.4, -0.2) is 45.2 Å². The Bertz CT molecular complexity index is 827. The van der Waals surface area contributed by atoms with E-state index in [1.165, 1.54) is 6.20 Å². The van der Waals surface area contributed by atoms with Crippen LogP contribution in [0.4, 0.5) is 13.2 Å². The Hall–Kier alpha value is -2.13. The summed E-state index contributed by atoms with van der Waals surface area (Å²) in [4.78, 5) is 18.2. The molecule has 3 rings (SSSR count). The average Bonchev–Trinajstić information content (AvgIpc) is 3.07. The molecular formula is C16H15F3N2O3S. The first kappa shape index (κ1) is 17.7. The maximum atomic E-state index is 14.0. The number of aliphatic hydroxyl groups is 1. The summed E-state index contributed by atoms with van der Waals surface area (Å²) in [6.45, 7) is 2.60. The number of halogens is 3. The molecule has 0 spiro atoms. The van der Waals surface area contributed by atoms with Crippen LogP contribution in [-0.2, 0) is 0 Å². The number of phenols is 1. The van der Waals surface area contributed by atoms with Crippen LogP contribution in [0.3, 0.4) is 0 Å². The molecule has 0 bridgehead atoms. The Morgan fingerprint density at radius 3 is 2.76 bits per heavy atom. The topological polar surface area (TPSA) is 73.7 Å². The predicted octanol–water partition coefficient (Wildman–Crippen LogP) is 2.78. The number of benzene rings is 1. The molecule has 1 amide bonds. The van der Waals surface area contributed by atoms with Crippen molar-refractivity contribution in [3.05, 3.63) is 34.6 Å². The molecule has 1 aliphatic rings. The number of carbonyl (C=O) groups excluding carboxylic acids is 1. The molecular weight excluding hydrogens is 357 g/mol. The van der Waals surface area contributed by atoms with Crippen molar-refractivity contribution in [1.82, 2.24) is 9.88 Å². The van der Waals surface area contributed by atoms with Gasteiger partial charge in [-0.2, -0.15) is 4.39 Å². The third-order valence-electron chi connectivity index (χ3n) is 4.23. The van der Waals surface area contributed by atoms with Gasteiger partial charge in [-0.1, -0.05) is 6.92 Å². The smallest absolute Gasteiger partial charge is 0.265 e. The molecule has 0 saturated carbocycles. The summed E-state index contributed by atoms with van der Waals surface area (Å²) in [6.07, 6.45) is 1.24. The van der Waals surface area contributed by atoms with Gasteiger partial charge >= 0.3 is 0 Å². The highest BCUT2D eigenvalue weighted by atomic mass is 32.1. The number of likely N-dealkylation sites (tertiary alicyclic amines) is 1. The van der Waals surface area contributed by atoms with Crippen LogP contribution in [0, 0.1) is 23.4 Å². The van der Waals surface area contributed by atoms with Crippen molar-refractivity contribution in [2.75, 3.05) is 13.1 Å². The van der Waals surface area contributed by atoms with E-state index in [1.807, 2.05) is 6.92 Å². The van der Waals surface area contributed by atoms with Crippen LogP contribution < -0.4 is 0 Å². The summed E-state index contributed by atoms with van der Waals surface area (Å²) in [5.41, 5.74) is -0.414. The second-order valence-corrected chi connectivity index (χ2v) is 7.03. The van der Waals surface area contributed by atoms with E-state index in [2.05, 4.69) is 4.98 Å². The van der Waals surface area contributed by atoms with Crippen LogP contribution in [0.5, 0.6) is 5.75 Å². The Morgan fingerprint density at radius 2 is 2.08 bits per heavy atom. The summed E-state index contributed by atoms with van der Waals surface area (Å²) in [7, 11) is 0. The van der Waals surface area contributed by atoms with Crippen molar-refractivity contribution in [2.24, 2.45) is 5.92 Å². The molecule has 2 heterocycles. The zero-order chi connectivity index (χ0) is 18.3. The maximum absolute atomic E-state index is 14.0. The van der Waals surface area contributed by atoms with Gasteiger partial charge in [-0.05, 0) is 18.4 Å². The van der Waals surface area contributed by atoms with Gasteiger partial charge in [0, 0.05) is 13.1 Å². The number of hydrogen-bond donors (Lipinski definition) is 2. The van der Waals surface area contributed by atoms with Gasteiger partial charge in [0.2, 0.25) is 5.82 Å². The van der Waals surface area contributed by atoms with E-state index >= 15 is 0 Å². The summed E-state index contributed by atoms with van der Waals surface area (Å²) in [5, 5.41) is 19.0. The van der Waals surface area contributed by atoms with Crippen molar-refractivity contribution >= 4 is 17.2 Å². The minimum atomic E-state index is -1.67. The number of thiazole rings is 1. The zero-order valence-electron chi connectivity index (χ0n) is 13.2. The van der Waals surface area contributed by atoms with Gasteiger partial charge in [0.05, 0.1) is 17.9 Å². The molecule has 0 unspecified atom stereocenters. The molecule has 1 aliphatic heterocycles. The van der Waals surface area contributed by atoms with Gasteiger partial charge < -0.3 is 15.1 Å². The summed E-state index contributed by atoms with van der Waals surface area (Å²) < 4.78 is 40.6. The van der Waals surface area contributed by atoms with Gasteiger partial charge in [-0.25, -0.2) is 13.8 Å². The number of aromatic nitrogens is 1. The number of hydrogen-bond acceptors (Lipinski definition) is 5. The van der Waals surface area contributed by atoms with Gasteiger partial charge in [-0.3, -0.25) is 4.79 Å². The zero-order valence-corrected chi connectivity index (χ0v) is 14.0. The highest BCUT2D eigenvalue weighted by Gasteiger charge is 2.29. The standard InChI is InChI=1S/C16H15F3N2O3S/c1-7-6-21(3-2-10(7)22)16(24)11-5-20-15(25-11)8-4-9(17)13(19)14(23)12(8)18/h4-5,7,10,22-23H,2-3,6H2,1H3/t7-,10-/m0/s1. The van der Waals surface area contributed by atoms with E-state index in [0.29, 0.717) is 25.6 Å². The second-order valence-electron chi connectivity index (χ2n) is 6.00. The fraction of sp³-hybridized carbons (Fsp3) is 0.375. The predicted molar refractivity (Wildman–Crippen MR) is 84.8 cm³/mol. The molecule has 1 fully saturated rings. The van der Waals surface area contributed by atoms with Crippen molar-refractivity contribution < 1.29 is 28.2 Å². The normalized spacial score (nSPS) is 20.8. The van der Waals surface area contributed by atoms with Crippen LogP contribution >= 0.6 is 11.3 Å². The van der Waals surface area contributed by atoms with Crippen LogP contribution in [0.15, 0.2) is 12.3 Å². The molecule has 2 aromatic rings. The first-order valence-corrected chi connectivity index (χ1v) is 8.41. The van der Waals surface area contributed by atoms with Crippen LogP contribution in [0.25, 0.3) is 10.6 Å². The molecule has 5 nitrogen and oxygen atoms in total. The Morgan fingerprint density at radius 1 is 1.36 bits per heavy atom. The van der Waals surface area contributed by atoms with E-state index in [4.69, 9.17) is 0 Å². The van der Waals surface area contributed by atoms with Gasteiger partial charge in [0.15, 0.2) is 17.4 Å². The molecule has 1 aromatic heterocycles. The first-order chi connectivity index (χ1) is 11.8. The van der Waals surface area contributed by atoms with Crippen molar-refractivity contribution in [2.45, 2.75) is 19.4 Å². The summed E-state index contributed by atoms with van der Waals surface area (Å²) in [5.74, 6) is -6.22. The van der Waals surface area contributed by atoms with Crippen LogP contribution in [0.1, 0.15) is 23.0 Å². The monoisotopic (exact) mass is 372 g/mol. The molecule has 2 N–H and O–H groups in total. The van der Waals surface area contributed by atoms with Gasteiger partial charge in [0.1, 0.15) is 9.88 Å². The van der Waals surface area contributed by atoms with Crippen molar-refractivity contribution in [3.8, 4) is 16.3 Å². The molecule has 1 aromatic carbocycles. The van der Waals surface area contributed by atoms with E-state index in [1.54, 1.807) is 4.90 Å². The van der Waals surface area contributed by atoms with E-state index < -0.39 is 34.9 Å². The molecule has 2 atom stereocenters. The van der Waals surface area contributed by atoms with Gasteiger partial charge in [-0.15, -0.1) is 11.3 Å².